The van der Waals surface area contributed by atoms with Gasteiger partial charge in [0, 0.05) is 13.1 Å². The number of nitrogens with zero attached hydrogens (tertiary/aromatic N) is 2. The number of sulfonamides is 1. The quantitative estimate of drug-likeness (QED) is 0.235. The molecule has 42 heavy (non-hydrogen) atoms. The molecule has 10 heteroatoms. The Morgan fingerprint density at radius 2 is 1.57 bits per heavy atom. The number of unbranched alkanes of at least 4 members (excludes halogenated alkanes) is 1. The van der Waals surface area contributed by atoms with E-state index in [9.17, 15) is 22.4 Å². The molecule has 2 amide bonds. The molecule has 0 heterocycles. The van der Waals surface area contributed by atoms with Crippen molar-refractivity contribution in [3.8, 4) is 5.75 Å². The Labute approximate surface area is 248 Å². The van der Waals surface area contributed by atoms with Gasteiger partial charge in [0.05, 0.1) is 17.2 Å². The first-order chi connectivity index (χ1) is 20.1. The van der Waals surface area contributed by atoms with E-state index in [0.717, 1.165) is 52.5 Å². The van der Waals surface area contributed by atoms with E-state index in [4.69, 9.17) is 4.74 Å². The maximum atomic E-state index is 14.1. The Bertz CT molecular complexity index is 1410. The molecular weight excluding hydrogens is 557 g/mol. The minimum absolute atomic E-state index is 0.118. The van der Waals surface area contributed by atoms with Crippen LogP contribution < -0.4 is 14.4 Å². The summed E-state index contributed by atoms with van der Waals surface area (Å²) in [4.78, 5) is 28.6. The van der Waals surface area contributed by atoms with Gasteiger partial charge in [0.15, 0.2) is 0 Å². The van der Waals surface area contributed by atoms with Crippen LogP contribution in [0, 0.1) is 12.7 Å². The Kier molecular flexibility index (Phi) is 11.9. The Morgan fingerprint density at radius 3 is 2.14 bits per heavy atom. The SMILES string of the molecule is CCCCNC(=O)[C@@H](CC)N(Cc1ccc(C)cc1)C(=O)CN(c1ccc(OCC)cc1)S(=O)(=O)c1ccc(F)cc1. The van der Waals surface area contributed by atoms with E-state index >= 15 is 0 Å². The maximum Gasteiger partial charge on any atom is 0.264 e. The summed E-state index contributed by atoms with van der Waals surface area (Å²) in [5.74, 6) is -0.877. The average molecular weight is 598 g/mol. The normalized spacial score (nSPS) is 11.9. The monoisotopic (exact) mass is 597 g/mol. The van der Waals surface area contributed by atoms with E-state index in [0.29, 0.717) is 25.3 Å². The zero-order valence-corrected chi connectivity index (χ0v) is 25.5. The summed E-state index contributed by atoms with van der Waals surface area (Å²) >= 11 is 0. The lowest BCUT2D eigenvalue weighted by Crippen LogP contribution is -2.52. The molecule has 226 valence electrons. The molecule has 0 spiro atoms. The second kappa shape index (κ2) is 15.3. The number of aryl methyl sites for hydroxylation is 1. The number of anilines is 1. The highest BCUT2D eigenvalue weighted by atomic mass is 32.2. The molecule has 0 saturated heterocycles. The van der Waals surface area contributed by atoms with Crippen LogP contribution >= 0.6 is 0 Å². The molecule has 0 aliphatic carbocycles. The van der Waals surface area contributed by atoms with Crippen LogP contribution in [-0.2, 0) is 26.2 Å². The van der Waals surface area contributed by atoms with Crippen molar-refractivity contribution in [2.45, 2.75) is 64.4 Å². The van der Waals surface area contributed by atoms with Crippen molar-refractivity contribution >= 4 is 27.5 Å². The van der Waals surface area contributed by atoms with Crippen LogP contribution in [0.25, 0.3) is 0 Å². The fourth-order valence-corrected chi connectivity index (χ4v) is 5.87. The number of nitrogens with one attached hydrogen (secondary N) is 1. The Morgan fingerprint density at radius 1 is 0.929 bits per heavy atom. The van der Waals surface area contributed by atoms with Gasteiger partial charge >= 0.3 is 0 Å². The van der Waals surface area contributed by atoms with Crippen LogP contribution in [-0.4, -0.2) is 50.9 Å². The summed E-state index contributed by atoms with van der Waals surface area (Å²) in [6.45, 7) is 8.09. The summed E-state index contributed by atoms with van der Waals surface area (Å²) in [5.41, 5.74) is 2.09. The zero-order chi connectivity index (χ0) is 30.7. The number of carbonyl (C=O) groups is 2. The third-order valence-electron chi connectivity index (χ3n) is 6.81. The van der Waals surface area contributed by atoms with Crippen LogP contribution in [0.2, 0.25) is 0 Å². The van der Waals surface area contributed by atoms with Crippen LogP contribution in [0.15, 0.2) is 77.7 Å². The molecule has 3 aromatic carbocycles. The Hall–Kier alpha value is -3.92. The van der Waals surface area contributed by atoms with Gasteiger partial charge in [0.25, 0.3) is 10.0 Å². The molecule has 0 bridgehead atoms. The number of ether oxygens (including phenoxy) is 1. The Balaban J connectivity index is 2.03. The molecule has 3 aromatic rings. The lowest BCUT2D eigenvalue weighted by molar-refractivity contribution is -0.140. The van der Waals surface area contributed by atoms with E-state index < -0.39 is 34.3 Å². The molecule has 0 radical (unpaired) electrons. The van der Waals surface area contributed by atoms with Crippen molar-refractivity contribution in [2.24, 2.45) is 0 Å². The topological polar surface area (TPSA) is 96.0 Å². The first kappa shape index (κ1) is 32.6. The molecule has 0 aliphatic heterocycles. The molecule has 1 atom stereocenters. The van der Waals surface area contributed by atoms with Gasteiger partial charge in [-0.3, -0.25) is 13.9 Å². The van der Waals surface area contributed by atoms with Crippen molar-refractivity contribution in [1.29, 1.82) is 0 Å². The van der Waals surface area contributed by atoms with Gasteiger partial charge in [-0.05, 0) is 80.8 Å². The number of benzene rings is 3. The van der Waals surface area contributed by atoms with E-state index in [1.54, 1.807) is 24.3 Å². The summed E-state index contributed by atoms with van der Waals surface area (Å²) in [6.07, 6.45) is 2.04. The third-order valence-corrected chi connectivity index (χ3v) is 8.59. The van der Waals surface area contributed by atoms with Gasteiger partial charge in [-0.2, -0.15) is 0 Å². The van der Waals surface area contributed by atoms with Crippen LogP contribution in [0.5, 0.6) is 5.75 Å². The van der Waals surface area contributed by atoms with E-state index in [1.807, 2.05) is 52.0 Å². The molecule has 0 aromatic heterocycles. The zero-order valence-electron chi connectivity index (χ0n) is 24.7. The predicted molar refractivity (Wildman–Crippen MR) is 162 cm³/mol. The van der Waals surface area contributed by atoms with Crippen molar-refractivity contribution in [2.75, 3.05) is 24.0 Å². The number of carbonyl (C=O) groups excluding carboxylic acids is 2. The smallest absolute Gasteiger partial charge is 0.264 e. The van der Waals surface area contributed by atoms with Gasteiger partial charge < -0.3 is 15.0 Å². The molecule has 3 rings (SSSR count). The predicted octanol–water partition coefficient (Wildman–Crippen LogP) is 5.45. The molecule has 0 aliphatic rings. The fourth-order valence-electron chi connectivity index (χ4n) is 4.45. The molecule has 0 fully saturated rings. The highest BCUT2D eigenvalue weighted by Gasteiger charge is 2.33. The van der Waals surface area contributed by atoms with Gasteiger partial charge in [0.1, 0.15) is 24.2 Å². The largest absolute Gasteiger partial charge is 0.494 e. The minimum atomic E-state index is -4.30. The number of amides is 2. The van der Waals surface area contributed by atoms with Gasteiger partial charge in [-0.1, -0.05) is 50.1 Å². The van der Waals surface area contributed by atoms with E-state index in [-0.39, 0.29) is 23.0 Å². The van der Waals surface area contributed by atoms with Gasteiger partial charge in [-0.15, -0.1) is 0 Å². The van der Waals surface area contributed by atoms with Crippen molar-refractivity contribution < 1.29 is 27.1 Å². The first-order valence-corrected chi connectivity index (χ1v) is 15.7. The number of halogens is 1. The van der Waals surface area contributed by atoms with Crippen LogP contribution in [0.1, 0.15) is 51.2 Å². The molecular formula is C32H40FN3O5S. The summed E-state index contributed by atoms with van der Waals surface area (Å²) < 4.78 is 47.9. The highest BCUT2D eigenvalue weighted by Crippen LogP contribution is 2.27. The standard InChI is InChI=1S/C32H40FN3O5S/c1-5-8-21-34-32(38)30(6-2)35(22-25-11-9-24(4)10-12-25)31(37)23-36(27-15-17-28(18-16-27)41-7-3)42(39,40)29-19-13-26(33)14-20-29/h9-20,30H,5-8,21-23H2,1-4H3,(H,34,38)/t30-/m1/s1. The minimum Gasteiger partial charge on any atom is -0.494 e. The van der Waals surface area contributed by atoms with Crippen molar-refractivity contribution in [3.05, 3.63) is 89.7 Å². The molecule has 1 N–H and O–H groups in total. The first-order valence-electron chi connectivity index (χ1n) is 14.2. The highest BCUT2D eigenvalue weighted by molar-refractivity contribution is 7.92. The summed E-state index contributed by atoms with van der Waals surface area (Å²) in [6, 6.07) is 17.6. The number of hydrogen-bond donors (Lipinski definition) is 1. The van der Waals surface area contributed by atoms with E-state index in [2.05, 4.69) is 5.32 Å². The lowest BCUT2D eigenvalue weighted by atomic mass is 10.1. The second-order valence-corrected chi connectivity index (χ2v) is 11.8. The van der Waals surface area contributed by atoms with Crippen LogP contribution in [0.3, 0.4) is 0 Å². The molecule has 8 nitrogen and oxygen atoms in total. The number of hydrogen-bond acceptors (Lipinski definition) is 5. The van der Waals surface area contributed by atoms with Crippen molar-refractivity contribution in [3.63, 3.8) is 0 Å². The molecule has 0 saturated carbocycles. The summed E-state index contributed by atoms with van der Waals surface area (Å²) in [7, 11) is -4.30. The third kappa shape index (κ3) is 8.55. The number of rotatable bonds is 15. The molecule has 0 unspecified atom stereocenters. The fraction of sp³-hybridized carbons (Fsp3) is 0.375. The van der Waals surface area contributed by atoms with Gasteiger partial charge in [-0.25, -0.2) is 12.8 Å². The second-order valence-electron chi connectivity index (χ2n) is 9.97. The average Bonchev–Trinajstić information content (AvgIpc) is 2.97. The summed E-state index contributed by atoms with van der Waals surface area (Å²) in [5, 5.41) is 2.92. The van der Waals surface area contributed by atoms with Gasteiger partial charge in [0.2, 0.25) is 11.8 Å². The van der Waals surface area contributed by atoms with E-state index in [1.165, 1.54) is 4.90 Å². The lowest BCUT2D eigenvalue weighted by Gasteiger charge is -2.33. The van der Waals surface area contributed by atoms with Crippen LogP contribution in [0.4, 0.5) is 10.1 Å². The maximum absolute atomic E-state index is 14.1. The van der Waals surface area contributed by atoms with Crippen molar-refractivity contribution in [1.82, 2.24) is 10.2 Å².